The van der Waals surface area contributed by atoms with E-state index in [2.05, 4.69) is 29.1 Å². The monoisotopic (exact) mass is 517 g/mol. The van der Waals surface area contributed by atoms with Crippen LogP contribution in [0.15, 0.2) is 23.2 Å². The predicted octanol–water partition coefficient (Wildman–Crippen LogP) is 2.16. The second-order valence-corrected chi connectivity index (χ2v) is 12.4. The molecule has 4 aliphatic rings. The summed E-state index contributed by atoms with van der Waals surface area (Å²) in [6.45, 7) is 8.79. The molecule has 1 saturated carbocycles. The Kier molecular flexibility index (Phi) is 7.04. The van der Waals surface area contributed by atoms with E-state index < -0.39 is 15.7 Å². The molecule has 10 heteroatoms. The maximum Gasteiger partial charge on any atom is 0.380 e. The van der Waals surface area contributed by atoms with Gasteiger partial charge in [-0.25, -0.2) is 0 Å². The average molecular weight is 518 g/mol. The van der Waals surface area contributed by atoms with E-state index in [0.29, 0.717) is 19.1 Å². The van der Waals surface area contributed by atoms with Crippen molar-refractivity contribution in [2.75, 3.05) is 32.7 Å². The van der Waals surface area contributed by atoms with Gasteiger partial charge in [-0.3, -0.25) is 9.79 Å². The number of aliphatic imine (C=N–C) groups is 1. The predicted molar refractivity (Wildman–Crippen MR) is 139 cm³/mol. The van der Waals surface area contributed by atoms with Crippen LogP contribution in [-0.4, -0.2) is 68.7 Å². The molecule has 1 aromatic rings. The van der Waals surface area contributed by atoms with E-state index in [-0.39, 0.29) is 11.7 Å². The highest BCUT2D eigenvalue weighted by molar-refractivity contribution is 7.84. The summed E-state index contributed by atoms with van der Waals surface area (Å²) in [5.74, 6) is 2.74. The van der Waals surface area contributed by atoms with E-state index in [1.165, 1.54) is 25.7 Å². The number of hydrogen-bond donors (Lipinski definition) is 2. The fourth-order valence-electron chi connectivity index (χ4n) is 6.80. The number of likely N-dealkylation sites (tertiary alicyclic amines) is 1. The fourth-order valence-corrected chi connectivity index (χ4v) is 7.17. The maximum atomic E-state index is 14.0. The lowest BCUT2D eigenvalue weighted by molar-refractivity contribution is -0.141. The number of amidine groups is 1. The molecule has 5 rings (SSSR count). The van der Waals surface area contributed by atoms with Crippen molar-refractivity contribution in [2.45, 2.75) is 70.4 Å². The summed E-state index contributed by atoms with van der Waals surface area (Å²) in [5.41, 5.74) is 1.30. The summed E-state index contributed by atoms with van der Waals surface area (Å²) in [4.78, 5) is 23.0. The SMILES string of the molecule is CC(C)[C@H]1CC[C@@H](N2CCC3(CC2)C(=O)N(CC2=NCCN2)Cc2cc(OS(N)(=O)=O)ccc23)CC1. The number of carbonyl (C=O) groups excluding carboxylic acids is 1. The van der Waals surface area contributed by atoms with Crippen molar-refractivity contribution in [3.05, 3.63) is 29.3 Å². The van der Waals surface area contributed by atoms with Gasteiger partial charge in [-0.1, -0.05) is 19.9 Å². The van der Waals surface area contributed by atoms with Gasteiger partial charge in [-0.05, 0) is 86.7 Å². The van der Waals surface area contributed by atoms with Crippen molar-refractivity contribution >= 4 is 22.0 Å². The summed E-state index contributed by atoms with van der Waals surface area (Å²) in [5, 5.41) is 8.38. The molecule has 0 bridgehead atoms. The van der Waals surface area contributed by atoms with E-state index in [9.17, 15) is 13.2 Å². The van der Waals surface area contributed by atoms with Crippen LogP contribution in [0.25, 0.3) is 0 Å². The van der Waals surface area contributed by atoms with Gasteiger partial charge in [-0.2, -0.15) is 13.6 Å². The summed E-state index contributed by atoms with van der Waals surface area (Å²) in [6.07, 6.45) is 6.59. The lowest BCUT2D eigenvalue weighted by Crippen LogP contribution is -2.58. The van der Waals surface area contributed by atoms with Gasteiger partial charge in [0, 0.05) is 19.1 Å². The van der Waals surface area contributed by atoms with E-state index in [1.54, 1.807) is 12.1 Å². The minimum Gasteiger partial charge on any atom is -0.371 e. The molecule has 36 heavy (non-hydrogen) atoms. The largest absolute Gasteiger partial charge is 0.380 e. The van der Waals surface area contributed by atoms with Crippen molar-refractivity contribution in [1.82, 2.24) is 15.1 Å². The second-order valence-electron chi connectivity index (χ2n) is 11.2. The molecule has 1 amide bonds. The molecular weight excluding hydrogens is 478 g/mol. The Balaban J connectivity index is 1.38. The van der Waals surface area contributed by atoms with Gasteiger partial charge in [0.05, 0.1) is 18.5 Å². The zero-order valence-electron chi connectivity index (χ0n) is 21.4. The fraction of sp³-hybridized carbons (Fsp3) is 0.692. The molecule has 1 spiro atoms. The number of hydrogen-bond acceptors (Lipinski definition) is 7. The highest BCUT2D eigenvalue weighted by atomic mass is 32.2. The molecule has 9 nitrogen and oxygen atoms in total. The lowest BCUT2D eigenvalue weighted by Gasteiger charge is -2.49. The molecule has 3 aliphatic heterocycles. The van der Waals surface area contributed by atoms with Crippen LogP contribution in [0, 0.1) is 11.8 Å². The molecule has 1 aliphatic carbocycles. The first kappa shape index (κ1) is 25.5. The van der Waals surface area contributed by atoms with Gasteiger partial charge >= 0.3 is 10.3 Å². The molecule has 3 N–H and O–H groups in total. The van der Waals surface area contributed by atoms with Gasteiger partial charge in [0.1, 0.15) is 11.6 Å². The van der Waals surface area contributed by atoms with Crippen molar-refractivity contribution in [1.29, 1.82) is 0 Å². The number of amides is 1. The van der Waals surface area contributed by atoms with Crippen molar-refractivity contribution < 1.29 is 17.4 Å². The first-order valence-corrected chi connectivity index (χ1v) is 14.8. The normalized spacial score (nSPS) is 26.6. The Morgan fingerprint density at radius 2 is 1.92 bits per heavy atom. The summed E-state index contributed by atoms with van der Waals surface area (Å²) in [6, 6.07) is 5.83. The molecule has 1 aromatic carbocycles. The van der Waals surface area contributed by atoms with E-state index in [4.69, 9.17) is 9.32 Å². The van der Waals surface area contributed by atoms with Gasteiger partial charge in [0.15, 0.2) is 0 Å². The van der Waals surface area contributed by atoms with Crippen molar-refractivity contribution in [3.8, 4) is 5.75 Å². The number of benzene rings is 1. The molecule has 0 aromatic heterocycles. The highest BCUT2D eigenvalue weighted by Gasteiger charge is 2.50. The number of nitrogens with two attached hydrogens (primary N) is 1. The topological polar surface area (TPSA) is 117 Å². The molecule has 3 heterocycles. The zero-order chi connectivity index (χ0) is 25.5. The Hall–Kier alpha value is -2.17. The summed E-state index contributed by atoms with van der Waals surface area (Å²) >= 11 is 0. The number of nitrogens with zero attached hydrogens (tertiary/aromatic N) is 3. The van der Waals surface area contributed by atoms with Gasteiger partial charge < -0.3 is 19.3 Å². The number of piperidine rings is 1. The van der Waals surface area contributed by atoms with Crippen LogP contribution in [0.4, 0.5) is 0 Å². The maximum absolute atomic E-state index is 14.0. The second kappa shape index (κ2) is 9.95. The standard InChI is InChI=1S/C26H39N5O4S/c1-18(2)19-3-5-21(6-4-19)30-13-9-26(10-14-30)23-8-7-22(35-36(27,33)34)15-20(23)16-31(25(26)32)17-24-28-11-12-29-24/h7-8,15,18-19,21H,3-6,9-14,16-17H2,1-2H3,(H,28,29)(H2,27,33,34)/t19-,21+. The van der Waals surface area contributed by atoms with Crippen LogP contribution >= 0.6 is 0 Å². The van der Waals surface area contributed by atoms with Crippen LogP contribution in [-0.2, 0) is 27.1 Å². The van der Waals surface area contributed by atoms with E-state index in [1.807, 2.05) is 11.0 Å². The first-order valence-electron chi connectivity index (χ1n) is 13.3. The zero-order valence-corrected chi connectivity index (χ0v) is 22.2. The van der Waals surface area contributed by atoms with Gasteiger partial charge in [-0.15, -0.1) is 0 Å². The van der Waals surface area contributed by atoms with Gasteiger partial charge in [0.25, 0.3) is 0 Å². The summed E-state index contributed by atoms with van der Waals surface area (Å²) < 4.78 is 28.0. The van der Waals surface area contributed by atoms with Crippen LogP contribution in [0.1, 0.15) is 63.5 Å². The third kappa shape index (κ3) is 5.13. The third-order valence-corrected chi connectivity index (χ3v) is 9.22. The smallest absolute Gasteiger partial charge is 0.371 e. The number of rotatable bonds is 6. The van der Waals surface area contributed by atoms with Crippen LogP contribution in [0.5, 0.6) is 5.75 Å². The number of carbonyl (C=O) groups is 1. The quantitative estimate of drug-likeness (QED) is 0.597. The Bertz CT molecular complexity index is 1120. The van der Waals surface area contributed by atoms with Crippen LogP contribution in [0.3, 0.4) is 0 Å². The van der Waals surface area contributed by atoms with Crippen LogP contribution < -0.4 is 14.6 Å². The number of fused-ring (bicyclic) bond motifs is 2. The molecule has 0 atom stereocenters. The lowest BCUT2D eigenvalue weighted by atomic mass is 9.67. The Labute approximate surface area is 214 Å². The van der Waals surface area contributed by atoms with Crippen LogP contribution in [0.2, 0.25) is 0 Å². The average Bonchev–Trinajstić information content (AvgIpc) is 3.35. The third-order valence-electron chi connectivity index (χ3n) is 8.80. The number of nitrogens with one attached hydrogen (secondary N) is 1. The molecule has 0 radical (unpaired) electrons. The first-order chi connectivity index (χ1) is 17.1. The van der Waals surface area contributed by atoms with E-state index in [0.717, 1.165) is 67.8 Å². The highest BCUT2D eigenvalue weighted by Crippen LogP contribution is 2.45. The Morgan fingerprint density at radius 3 is 2.53 bits per heavy atom. The molecule has 0 unspecified atom stereocenters. The molecule has 1 saturated heterocycles. The molecule has 2 fully saturated rings. The minimum absolute atomic E-state index is 0.148. The minimum atomic E-state index is -4.13. The molecule has 198 valence electrons. The van der Waals surface area contributed by atoms with E-state index >= 15 is 0 Å². The van der Waals surface area contributed by atoms with Crippen molar-refractivity contribution in [3.63, 3.8) is 0 Å². The molecular formula is C26H39N5O4S. The van der Waals surface area contributed by atoms with Gasteiger partial charge in [0.2, 0.25) is 5.91 Å². The summed E-state index contributed by atoms with van der Waals surface area (Å²) in [7, 11) is -4.13. The Morgan fingerprint density at radius 1 is 1.19 bits per heavy atom. The van der Waals surface area contributed by atoms with Crippen molar-refractivity contribution in [2.24, 2.45) is 22.0 Å².